The molecule has 1 unspecified atom stereocenters. The molecule has 2 nitrogen and oxygen atoms in total. The summed E-state index contributed by atoms with van der Waals surface area (Å²) in [5, 5.41) is 0.123. The molecule has 64 valence electrons. The SMILES string of the molecule is CC(C)OC(=O)C1CCCS1. The predicted molar refractivity (Wildman–Crippen MR) is 46.7 cm³/mol. The quantitative estimate of drug-likeness (QED) is 0.597. The van der Waals surface area contributed by atoms with Crippen LogP contribution in [0.25, 0.3) is 0 Å². The van der Waals surface area contributed by atoms with Gasteiger partial charge in [0, 0.05) is 0 Å². The summed E-state index contributed by atoms with van der Waals surface area (Å²) in [6.07, 6.45) is 2.18. The first-order valence-corrected chi connectivity index (χ1v) is 5.07. The van der Waals surface area contributed by atoms with Crippen LogP contribution in [0, 0.1) is 0 Å². The van der Waals surface area contributed by atoms with E-state index in [4.69, 9.17) is 4.74 Å². The minimum absolute atomic E-state index is 0.0255. The van der Waals surface area contributed by atoms with Crippen LogP contribution in [0.5, 0.6) is 0 Å². The zero-order valence-electron chi connectivity index (χ0n) is 7.00. The molecule has 0 aromatic rings. The first-order chi connectivity index (χ1) is 5.20. The molecule has 0 saturated carbocycles. The van der Waals surface area contributed by atoms with Gasteiger partial charge in [-0.25, -0.2) is 0 Å². The highest BCUT2D eigenvalue weighted by atomic mass is 32.2. The molecule has 0 radical (unpaired) electrons. The lowest BCUT2D eigenvalue weighted by Crippen LogP contribution is -2.20. The van der Waals surface area contributed by atoms with E-state index in [1.165, 1.54) is 0 Å². The Labute approximate surface area is 71.7 Å². The van der Waals surface area contributed by atoms with Gasteiger partial charge in [-0.3, -0.25) is 4.79 Å². The van der Waals surface area contributed by atoms with Gasteiger partial charge in [-0.1, -0.05) is 0 Å². The van der Waals surface area contributed by atoms with Crippen LogP contribution >= 0.6 is 11.8 Å². The highest BCUT2D eigenvalue weighted by Crippen LogP contribution is 2.27. The van der Waals surface area contributed by atoms with Gasteiger partial charge in [0.15, 0.2) is 0 Å². The van der Waals surface area contributed by atoms with Crippen molar-refractivity contribution in [3.8, 4) is 0 Å². The Morgan fingerprint density at radius 1 is 1.64 bits per heavy atom. The number of rotatable bonds is 2. The second-order valence-corrected chi connectivity index (χ2v) is 4.30. The fraction of sp³-hybridized carbons (Fsp3) is 0.875. The highest BCUT2D eigenvalue weighted by molar-refractivity contribution is 8.00. The van der Waals surface area contributed by atoms with Gasteiger partial charge in [-0.2, -0.15) is 0 Å². The van der Waals surface area contributed by atoms with E-state index < -0.39 is 0 Å². The summed E-state index contributed by atoms with van der Waals surface area (Å²) < 4.78 is 5.07. The molecule has 0 aromatic heterocycles. The molecule has 1 atom stereocenters. The number of carbonyl (C=O) groups is 1. The standard InChI is InChI=1S/C8H14O2S/c1-6(2)10-8(9)7-4-3-5-11-7/h6-7H,3-5H2,1-2H3. The molecule has 1 heterocycles. The summed E-state index contributed by atoms with van der Waals surface area (Å²) in [5.74, 6) is 1.08. The minimum Gasteiger partial charge on any atom is -0.462 e. The largest absolute Gasteiger partial charge is 0.462 e. The van der Waals surface area contributed by atoms with Crippen molar-refractivity contribution in [1.29, 1.82) is 0 Å². The van der Waals surface area contributed by atoms with Crippen LogP contribution in [0.4, 0.5) is 0 Å². The van der Waals surface area contributed by atoms with Crippen molar-refractivity contribution in [2.75, 3.05) is 5.75 Å². The molecule has 3 heteroatoms. The number of carbonyl (C=O) groups excluding carboxylic acids is 1. The van der Waals surface area contributed by atoms with Crippen molar-refractivity contribution in [2.45, 2.75) is 38.0 Å². The van der Waals surface area contributed by atoms with E-state index in [2.05, 4.69) is 0 Å². The number of ether oxygens (including phenoxy) is 1. The van der Waals surface area contributed by atoms with Crippen LogP contribution in [0.15, 0.2) is 0 Å². The van der Waals surface area contributed by atoms with E-state index in [0.29, 0.717) is 0 Å². The topological polar surface area (TPSA) is 26.3 Å². The molecule has 1 rings (SSSR count). The van der Waals surface area contributed by atoms with Crippen LogP contribution in [0.1, 0.15) is 26.7 Å². The lowest BCUT2D eigenvalue weighted by molar-refractivity contribution is -0.146. The molecule has 0 spiro atoms. The first kappa shape index (κ1) is 8.91. The molecule has 11 heavy (non-hydrogen) atoms. The van der Waals surface area contributed by atoms with Crippen molar-refractivity contribution < 1.29 is 9.53 Å². The second-order valence-electron chi connectivity index (χ2n) is 2.99. The van der Waals surface area contributed by atoms with E-state index in [-0.39, 0.29) is 17.3 Å². The van der Waals surface area contributed by atoms with E-state index in [9.17, 15) is 4.79 Å². The Bertz CT molecular complexity index is 139. The third-order valence-electron chi connectivity index (χ3n) is 1.54. The summed E-state index contributed by atoms with van der Waals surface area (Å²) in [7, 11) is 0. The van der Waals surface area contributed by atoms with E-state index in [0.717, 1.165) is 18.6 Å². The maximum Gasteiger partial charge on any atom is 0.319 e. The molecule has 1 aliphatic heterocycles. The molecule has 0 bridgehead atoms. The van der Waals surface area contributed by atoms with E-state index >= 15 is 0 Å². The Hall–Kier alpha value is -0.180. The zero-order chi connectivity index (χ0) is 8.27. The van der Waals surface area contributed by atoms with Crippen LogP contribution in [0.3, 0.4) is 0 Å². The molecule has 0 N–H and O–H groups in total. The second kappa shape index (κ2) is 4.00. The third-order valence-corrected chi connectivity index (χ3v) is 2.90. The van der Waals surface area contributed by atoms with Crippen molar-refractivity contribution in [2.24, 2.45) is 0 Å². The zero-order valence-corrected chi connectivity index (χ0v) is 7.82. The molecule has 1 fully saturated rings. The van der Waals surface area contributed by atoms with E-state index in [1.807, 2.05) is 13.8 Å². The van der Waals surface area contributed by atoms with Gasteiger partial charge in [-0.15, -0.1) is 11.8 Å². The van der Waals surface area contributed by atoms with Crippen molar-refractivity contribution in [3.05, 3.63) is 0 Å². The normalized spacial score (nSPS) is 24.1. The Balaban J connectivity index is 2.28. The minimum atomic E-state index is -0.0255. The summed E-state index contributed by atoms with van der Waals surface area (Å²) in [5.41, 5.74) is 0. The van der Waals surface area contributed by atoms with Gasteiger partial charge in [0.2, 0.25) is 0 Å². The highest BCUT2D eigenvalue weighted by Gasteiger charge is 2.25. The average molecular weight is 174 g/mol. The number of esters is 1. The van der Waals surface area contributed by atoms with Crippen molar-refractivity contribution in [3.63, 3.8) is 0 Å². The van der Waals surface area contributed by atoms with Crippen molar-refractivity contribution >= 4 is 17.7 Å². The van der Waals surface area contributed by atoms with Crippen molar-refractivity contribution in [1.82, 2.24) is 0 Å². The Morgan fingerprint density at radius 3 is 2.82 bits per heavy atom. The molecule has 1 aliphatic rings. The monoisotopic (exact) mass is 174 g/mol. The number of thioether (sulfide) groups is 1. The Kier molecular flexibility index (Phi) is 3.24. The molecule has 0 aromatic carbocycles. The predicted octanol–water partition coefficient (Wildman–Crippen LogP) is 1.83. The molecule has 1 saturated heterocycles. The fourth-order valence-corrected chi connectivity index (χ4v) is 2.21. The summed E-state index contributed by atoms with van der Waals surface area (Å²) in [6.45, 7) is 3.77. The molecule has 0 amide bonds. The van der Waals surface area contributed by atoms with E-state index in [1.54, 1.807) is 11.8 Å². The molecular formula is C8H14O2S. The lowest BCUT2D eigenvalue weighted by atomic mass is 10.2. The number of hydrogen-bond donors (Lipinski definition) is 0. The van der Waals surface area contributed by atoms with Gasteiger partial charge < -0.3 is 4.74 Å². The summed E-state index contributed by atoms with van der Waals surface area (Å²) in [4.78, 5) is 11.2. The summed E-state index contributed by atoms with van der Waals surface area (Å²) >= 11 is 1.72. The molecule has 0 aliphatic carbocycles. The maximum atomic E-state index is 11.2. The smallest absolute Gasteiger partial charge is 0.319 e. The van der Waals surface area contributed by atoms with Gasteiger partial charge in [-0.05, 0) is 32.4 Å². The van der Waals surface area contributed by atoms with Crippen LogP contribution in [0.2, 0.25) is 0 Å². The van der Waals surface area contributed by atoms with Gasteiger partial charge in [0.25, 0.3) is 0 Å². The first-order valence-electron chi connectivity index (χ1n) is 4.02. The third kappa shape index (κ3) is 2.73. The summed E-state index contributed by atoms with van der Waals surface area (Å²) in [6, 6.07) is 0. The molecular weight excluding hydrogens is 160 g/mol. The average Bonchev–Trinajstić information content (AvgIpc) is 2.35. The van der Waals surface area contributed by atoms with Crippen LogP contribution in [-0.2, 0) is 9.53 Å². The number of hydrogen-bond acceptors (Lipinski definition) is 3. The Morgan fingerprint density at radius 2 is 2.36 bits per heavy atom. The maximum absolute atomic E-state index is 11.2. The fourth-order valence-electron chi connectivity index (χ4n) is 1.07. The van der Waals surface area contributed by atoms with Crippen LogP contribution in [-0.4, -0.2) is 23.1 Å². The van der Waals surface area contributed by atoms with Crippen LogP contribution < -0.4 is 0 Å². The van der Waals surface area contributed by atoms with Gasteiger partial charge in [0.05, 0.1) is 6.10 Å². The lowest BCUT2D eigenvalue weighted by Gasteiger charge is -2.11. The van der Waals surface area contributed by atoms with Gasteiger partial charge in [0.1, 0.15) is 5.25 Å². The van der Waals surface area contributed by atoms with Gasteiger partial charge >= 0.3 is 5.97 Å².